The van der Waals surface area contributed by atoms with Crippen molar-refractivity contribution in [2.45, 2.75) is 38.1 Å². The summed E-state index contributed by atoms with van der Waals surface area (Å²) in [6, 6.07) is 15.7. The van der Waals surface area contributed by atoms with Crippen molar-refractivity contribution in [3.8, 4) is 16.9 Å². The molecule has 1 amide bonds. The van der Waals surface area contributed by atoms with Crippen molar-refractivity contribution in [3.05, 3.63) is 54.1 Å². The highest BCUT2D eigenvalue weighted by atomic mass is 16.3. The third-order valence-electron chi connectivity index (χ3n) is 6.03. The van der Waals surface area contributed by atoms with E-state index in [1.807, 2.05) is 41.3 Å². The SMILES string of the molecule is O=C(c1ccc(-c2ccc(O)cc2)cc1)N1CCN(C2CCCCC2)CC1. The lowest BCUT2D eigenvalue weighted by Gasteiger charge is -2.40. The lowest BCUT2D eigenvalue weighted by Crippen LogP contribution is -2.52. The summed E-state index contributed by atoms with van der Waals surface area (Å²) in [7, 11) is 0. The highest BCUT2D eigenvalue weighted by Crippen LogP contribution is 2.25. The Morgan fingerprint density at radius 2 is 1.33 bits per heavy atom. The highest BCUT2D eigenvalue weighted by Gasteiger charge is 2.27. The van der Waals surface area contributed by atoms with Crippen LogP contribution >= 0.6 is 0 Å². The van der Waals surface area contributed by atoms with E-state index in [0.29, 0.717) is 0 Å². The summed E-state index contributed by atoms with van der Waals surface area (Å²) in [6.45, 7) is 3.66. The summed E-state index contributed by atoms with van der Waals surface area (Å²) < 4.78 is 0. The molecule has 1 N–H and O–H groups in total. The first-order valence-electron chi connectivity index (χ1n) is 10.1. The number of phenolic OH excluding ortho intramolecular Hbond substituents is 1. The number of amides is 1. The normalized spacial score (nSPS) is 19.2. The molecule has 27 heavy (non-hydrogen) atoms. The van der Waals surface area contributed by atoms with Gasteiger partial charge in [0.15, 0.2) is 0 Å². The number of hydrogen-bond donors (Lipinski definition) is 1. The molecule has 1 aliphatic carbocycles. The Labute approximate surface area is 161 Å². The number of aromatic hydroxyl groups is 1. The molecule has 0 unspecified atom stereocenters. The third kappa shape index (κ3) is 4.16. The Morgan fingerprint density at radius 3 is 1.93 bits per heavy atom. The average Bonchev–Trinajstić information content (AvgIpc) is 2.75. The fourth-order valence-corrected chi connectivity index (χ4v) is 4.38. The van der Waals surface area contributed by atoms with Gasteiger partial charge in [0, 0.05) is 37.8 Å². The molecule has 2 aromatic rings. The first-order chi connectivity index (χ1) is 13.2. The number of carbonyl (C=O) groups is 1. The van der Waals surface area contributed by atoms with Crippen LogP contribution in [0.4, 0.5) is 0 Å². The molecule has 1 aliphatic heterocycles. The molecule has 1 heterocycles. The molecule has 0 spiro atoms. The molecule has 4 heteroatoms. The van der Waals surface area contributed by atoms with Crippen molar-refractivity contribution >= 4 is 5.91 Å². The number of phenols is 1. The van der Waals surface area contributed by atoms with Crippen LogP contribution < -0.4 is 0 Å². The van der Waals surface area contributed by atoms with E-state index in [9.17, 15) is 9.90 Å². The van der Waals surface area contributed by atoms with Crippen LogP contribution in [0.3, 0.4) is 0 Å². The van der Waals surface area contributed by atoms with Gasteiger partial charge in [0.25, 0.3) is 5.91 Å². The fraction of sp³-hybridized carbons (Fsp3) is 0.435. The van der Waals surface area contributed by atoms with Crippen LogP contribution in [0.15, 0.2) is 48.5 Å². The first kappa shape index (κ1) is 18.1. The number of benzene rings is 2. The van der Waals surface area contributed by atoms with E-state index in [1.165, 1.54) is 32.1 Å². The van der Waals surface area contributed by atoms with Crippen molar-refractivity contribution in [1.82, 2.24) is 9.80 Å². The fourth-order valence-electron chi connectivity index (χ4n) is 4.38. The number of hydrogen-bond acceptors (Lipinski definition) is 3. The summed E-state index contributed by atoms with van der Waals surface area (Å²) in [5.41, 5.74) is 2.84. The second-order valence-corrected chi connectivity index (χ2v) is 7.74. The van der Waals surface area contributed by atoms with Crippen molar-refractivity contribution in [1.29, 1.82) is 0 Å². The van der Waals surface area contributed by atoms with Gasteiger partial charge in [0.05, 0.1) is 0 Å². The summed E-state index contributed by atoms with van der Waals surface area (Å²) >= 11 is 0. The van der Waals surface area contributed by atoms with Gasteiger partial charge in [0.2, 0.25) is 0 Å². The molecule has 2 aliphatic rings. The predicted molar refractivity (Wildman–Crippen MR) is 108 cm³/mol. The smallest absolute Gasteiger partial charge is 0.253 e. The highest BCUT2D eigenvalue weighted by molar-refractivity contribution is 5.94. The van der Waals surface area contributed by atoms with Gasteiger partial charge in [-0.2, -0.15) is 0 Å². The van der Waals surface area contributed by atoms with Gasteiger partial charge in [-0.15, -0.1) is 0 Å². The number of carbonyl (C=O) groups excluding carboxylic acids is 1. The van der Waals surface area contributed by atoms with Crippen molar-refractivity contribution in [2.24, 2.45) is 0 Å². The lowest BCUT2D eigenvalue weighted by molar-refractivity contribution is 0.0523. The van der Waals surface area contributed by atoms with E-state index in [-0.39, 0.29) is 11.7 Å². The average molecular weight is 364 g/mol. The topological polar surface area (TPSA) is 43.8 Å². The standard InChI is InChI=1S/C23H28N2O2/c26-22-12-10-19(11-13-22)18-6-8-20(9-7-18)23(27)25-16-14-24(15-17-25)21-4-2-1-3-5-21/h6-13,21,26H,1-5,14-17H2. The van der Waals surface area contributed by atoms with E-state index in [0.717, 1.165) is 48.9 Å². The van der Waals surface area contributed by atoms with Crippen molar-refractivity contribution in [3.63, 3.8) is 0 Å². The van der Waals surface area contributed by atoms with E-state index in [1.54, 1.807) is 12.1 Å². The largest absolute Gasteiger partial charge is 0.508 e. The van der Waals surface area contributed by atoms with Crippen LogP contribution in [0, 0.1) is 0 Å². The number of rotatable bonds is 3. The van der Waals surface area contributed by atoms with Crippen LogP contribution in [-0.4, -0.2) is 53.0 Å². The zero-order valence-electron chi connectivity index (χ0n) is 15.8. The molecular weight excluding hydrogens is 336 g/mol. The maximum atomic E-state index is 12.8. The minimum Gasteiger partial charge on any atom is -0.508 e. The molecule has 4 rings (SSSR count). The molecular formula is C23H28N2O2. The molecule has 0 radical (unpaired) electrons. The Kier molecular flexibility index (Phi) is 5.44. The molecule has 2 aromatic carbocycles. The van der Waals surface area contributed by atoms with Gasteiger partial charge < -0.3 is 10.0 Å². The summed E-state index contributed by atoms with van der Waals surface area (Å²) in [4.78, 5) is 17.4. The summed E-state index contributed by atoms with van der Waals surface area (Å²) in [5.74, 6) is 0.397. The van der Waals surface area contributed by atoms with Crippen LogP contribution in [0.1, 0.15) is 42.5 Å². The van der Waals surface area contributed by atoms with E-state index < -0.39 is 0 Å². The minimum atomic E-state index is 0.135. The molecule has 1 saturated carbocycles. The van der Waals surface area contributed by atoms with E-state index >= 15 is 0 Å². The van der Waals surface area contributed by atoms with Gasteiger partial charge in [-0.1, -0.05) is 43.5 Å². The van der Waals surface area contributed by atoms with Gasteiger partial charge in [-0.25, -0.2) is 0 Å². The molecule has 0 atom stereocenters. The van der Waals surface area contributed by atoms with Crippen LogP contribution in [0.2, 0.25) is 0 Å². The Hall–Kier alpha value is -2.33. The molecule has 0 bridgehead atoms. The van der Waals surface area contributed by atoms with Gasteiger partial charge in [0.1, 0.15) is 5.75 Å². The summed E-state index contributed by atoms with van der Waals surface area (Å²) in [5, 5.41) is 9.41. The molecule has 1 saturated heterocycles. The molecule has 2 fully saturated rings. The van der Waals surface area contributed by atoms with Crippen molar-refractivity contribution in [2.75, 3.05) is 26.2 Å². The Balaban J connectivity index is 1.36. The van der Waals surface area contributed by atoms with Crippen LogP contribution in [-0.2, 0) is 0 Å². The maximum Gasteiger partial charge on any atom is 0.253 e. The quantitative estimate of drug-likeness (QED) is 0.890. The van der Waals surface area contributed by atoms with Crippen LogP contribution in [0.25, 0.3) is 11.1 Å². The van der Waals surface area contributed by atoms with Gasteiger partial charge in [-0.3, -0.25) is 9.69 Å². The van der Waals surface area contributed by atoms with Crippen LogP contribution in [0.5, 0.6) is 5.75 Å². The van der Waals surface area contributed by atoms with E-state index in [2.05, 4.69) is 4.90 Å². The van der Waals surface area contributed by atoms with Gasteiger partial charge >= 0.3 is 0 Å². The Morgan fingerprint density at radius 1 is 0.778 bits per heavy atom. The van der Waals surface area contributed by atoms with Crippen molar-refractivity contribution < 1.29 is 9.90 Å². The molecule has 0 aromatic heterocycles. The molecule has 4 nitrogen and oxygen atoms in total. The summed E-state index contributed by atoms with van der Waals surface area (Å²) in [6.07, 6.45) is 6.75. The number of piperazine rings is 1. The van der Waals surface area contributed by atoms with E-state index in [4.69, 9.17) is 0 Å². The third-order valence-corrected chi connectivity index (χ3v) is 6.03. The number of nitrogens with zero attached hydrogens (tertiary/aromatic N) is 2. The van der Waals surface area contributed by atoms with Gasteiger partial charge in [-0.05, 0) is 48.2 Å². The Bertz CT molecular complexity index is 756. The minimum absolute atomic E-state index is 0.135. The zero-order valence-corrected chi connectivity index (χ0v) is 15.8. The zero-order chi connectivity index (χ0) is 18.6. The first-order valence-corrected chi connectivity index (χ1v) is 10.1. The molecule has 142 valence electrons. The second kappa shape index (κ2) is 8.13. The predicted octanol–water partition coefficient (Wildman–Crippen LogP) is 4.15. The lowest BCUT2D eigenvalue weighted by atomic mass is 9.94. The monoisotopic (exact) mass is 364 g/mol. The maximum absolute atomic E-state index is 12.8. The second-order valence-electron chi connectivity index (χ2n) is 7.74.